The highest BCUT2D eigenvalue weighted by atomic mass is 127. The van der Waals surface area contributed by atoms with Crippen molar-refractivity contribution in [2.45, 2.75) is 45.8 Å². The summed E-state index contributed by atoms with van der Waals surface area (Å²) < 4.78 is 11.2. The number of ether oxygens (including phenoxy) is 1. The number of benzene rings is 1. The highest BCUT2D eigenvalue weighted by molar-refractivity contribution is 14.0. The Kier molecular flexibility index (Phi) is 9.57. The Morgan fingerprint density at radius 2 is 1.70 bits per heavy atom. The second kappa shape index (κ2) is 11.7. The van der Waals surface area contributed by atoms with E-state index in [2.05, 4.69) is 70.5 Å². The molecule has 7 nitrogen and oxygen atoms in total. The lowest BCUT2D eigenvalue weighted by atomic mass is 9.94. The van der Waals surface area contributed by atoms with Gasteiger partial charge in [-0.2, -0.15) is 0 Å². The third-order valence-electron chi connectivity index (χ3n) is 4.92. The molecule has 1 saturated heterocycles. The molecule has 1 aliphatic rings. The summed E-state index contributed by atoms with van der Waals surface area (Å²) in [7, 11) is 1.76. The van der Waals surface area contributed by atoms with Gasteiger partial charge in [-0.3, -0.25) is 9.89 Å². The maximum absolute atomic E-state index is 5.81. The second-order valence-corrected chi connectivity index (χ2v) is 8.35. The molecule has 1 fully saturated rings. The van der Waals surface area contributed by atoms with E-state index in [1.54, 1.807) is 13.2 Å². The highest BCUT2D eigenvalue weighted by Gasteiger charge is 2.19. The van der Waals surface area contributed by atoms with Crippen LogP contribution in [0.1, 0.15) is 43.5 Å². The van der Waals surface area contributed by atoms with Crippen LogP contribution < -0.4 is 10.6 Å². The lowest BCUT2D eigenvalue weighted by Gasteiger charge is -2.26. The van der Waals surface area contributed by atoms with Crippen LogP contribution in [0, 0.1) is 0 Å². The summed E-state index contributed by atoms with van der Waals surface area (Å²) in [5.41, 5.74) is 2.50. The van der Waals surface area contributed by atoms with Gasteiger partial charge in [0.2, 0.25) is 5.89 Å². The predicted molar refractivity (Wildman–Crippen MR) is 130 cm³/mol. The molecule has 0 saturated carbocycles. The van der Waals surface area contributed by atoms with Crippen LogP contribution in [0.4, 0.5) is 0 Å². The zero-order chi connectivity index (χ0) is 20.7. The van der Waals surface area contributed by atoms with E-state index in [0.717, 1.165) is 44.6 Å². The van der Waals surface area contributed by atoms with E-state index < -0.39 is 0 Å². The largest absolute Gasteiger partial charge is 0.443 e. The number of halogens is 1. The molecule has 0 amide bonds. The Morgan fingerprint density at radius 1 is 1.07 bits per heavy atom. The van der Waals surface area contributed by atoms with E-state index in [-0.39, 0.29) is 29.4 Å². The Balaban J connectivity index is 0.00000320. The number of nitrogens with one attached hydrogen (secondary N) is 2. The van der Waals surface area contributed by atoms with Crippen molar-refractivity contribution in [2.24, 2.45) is 4.99 Å². The molecule has 8 heteroatoms. The Morgan fingerprint density at radius 3 is 2.30 bits per heavy atom. The summed E-state index contributed by atoms with van der Waals surface area (Å²) in [6.45, 7) is 12.2. The standard InChI is InChI=1S/C22H33N5O2.HI/c1-22(2,3)19-14-24-20(29-19)15-26-21(23-4)25-13-17-5-7-18(8-6-17)16-27-9-11-28-12-10-27;/h5-8,14H,9-13,15-16H2,1-4H3,(H2,23,25,26);1H. The predicted octanol–water partition coefficient (Wildman–Crippen LogP) is 3.29. The summed E-state index contributed by atoms with van der Waals surface area (Å²) in [4.78, 5) is 11.0. The second-order valence-electron chi connectivity index (χ2n) is 8.35. The van der Waals surface area contributed by atoms with Crippen molar-refractivity contribution < 1.29 is 9.15 Å². The van der Waals surface area contributed by atoms with Gasteiger partial charge in [0, 0.05) is 38.6 Å². The lowest BCUT2D eigenvalue weighted by molar-refractivity contribution is 0.0342. The number of nitrogens with zero attached hydrogens (tertiary/aromatic N) is 3. The Labute approximate surface area is 196 Å². The molecule has 0 unspecified atom stereocenters. The number of aliphatic imine (C=N–C) groups is 1. The summed E-state index contributed by atoms with van der Waals surface area (Å²) in [5.74, 6) is 2.26. The smallest absolute Gasteiger partial charge is 0.213 e. The summed E-state index contributed by atoms with van der Waals surface area (Å²) in [6, 6.07) is 8.73. The molecule has 0 radical (unpaired) electrons. The van der Waals surface area contributed by atoms with Gasteiger partial charge in [0.25, 0.3) is 0 Å². The quantitative estimate of drug-likeness (QED) is 0.341. The number of hydrogen-bond donors (Lipinski definition) is 2. The van der Waals surface area contributed by atoms with Crippen molar-refractivity contribution in [2.75, 3.05) is 33.4 Å². The maximum atomic E-state index is 5.81. The molecule has 166 valence electrons. The van der Waals surface area contributed by atoms with Crippen LogP contribution in [0.5, 0.6) is 0 Å². The topological polar surface area (TPSA) is 74.9 Å². The van der Waals surface area contributed by atoms with Gasteiger partial charge >= 0.3 is 0 Å². The average Bonchev–Trinajstić information content (AvgIpc) is 3.20. The summed E-state index contributed by atoms with van der Waals surface area (Å²) >= 11 is 0. The first-order valence-corrected chi connectivity index (χ1v) is 10.2. The van der Waals surface area contributed by atoms with Crippen molar-refractivity contribution in [3.05, 3.63) is 53.2 Å². The van der Waals surface area contributed by atoms with Crippen LogP contribution in [-0.2, 0) is 29.8 Å². The van der Waals surface area contributed by atoms with Gasteiger partial charge in [-0.25, -0.2) is 4.98 Å². The molecular formula is C22H34IN5O2. The zero-order valence-corrected chi connectivity index (χ0v) is 20.7. The van der Waals surface area contributed by atoms with E-state index in [1.165, 1.54) is 11.1 Å². The number of guanidine groups is 1. The first-order chi connectivity index (χ1) is 13.9. The first-order valence-electron chi connectivity index (χ1n) is 10.2. The molecular weight excluding hydrogens is 493 g/mol. The Bertz CT molecular complexity index is 793. The Hall–Kier alpha value is -1.65. The van der Waals surface area contributed by atoms with Crippen LogP contribution in [-0.4, -0.2) is 49.2 Å². The van der Waals surface area contributed by atoms with Crippen molar-refractivity contribution in [3.8, 4) is 0 Å². The highest BCUT2D eigenvalue weighted by Crippen LogP contribution is 2.22. The minimum atomic E-state index is -0.0425. The van der Waals surface area contributed by atoms with Crippen molar-refractivity contribution >= 4 is 29.9 Å². The van der Waals surface area contributed by atoms with E-state index >= 15 is 0 Å². The molecule has 2 heterocycles. The number of morpholine rings is 1. The van der Waals surface area contributed by atoms with E-state index in [4.69, 9.17) is 9.15 Å². The molecule has 2 aromatic rings. The van der Waals surface area contributed by atoms with Crippen LogP contribution >= 0.6 is 24.0 Å². The van der Waals surface area contributed by atoms with Crippen molar-refractivity contribution in [3.63, 3.8) is 0 Å². The van der Waals surface area contributed by atoms with E-state index in [0.29, 0.717) is 19.0 Å². The number of hydrogen-bond acceptors (Lipinski definition) is 5. The van der Waals surface area contributed by atoms with E-state index in [9.17, 15) is 0 Å². The monoisotopic (exact) mass is 527 g/mol. The molecule has 30 heavy (non-hydrogen) atoms. The van der Waals surface area contributed by atoms with Crippen LogP contribution in [0.2, 0.25) is 0 Å². The zero-order valence-electron chi connectivity index (χ0n) is 18.4. The molecule has 1 aromatic carbocycles. The van der Waals surface area contributed by atoms with Gasteiger partial charge in [-0.15, -0.1) is 24.0 Å². The fourth-order valence-corrected chi connectivity index (χ4v) is 3.08. The fourth-order valence-electron chi connectivity index (χ4n) is 3.08. The number of aromatic nitrogens is 1. The van der Waals surface area contributed by atoms with E-state index in [1.807, 2.05) is 0 Å². The molecule has 2 N–H and O–H groups in total. The first kappa shape index (κ1) is 24.6. The third-order valence-corrected chi connectivity index (χ3v) is 4.92. The number of rotatable bonds is 6. The van der Waals surface area contributed by atoms with Gasteiger partial charge in [0.1, 0.15) is 5.76 Å². The normalized spacial score (nSPS) is 15.5. The van der Waals surface area contributed by atoms with Crippen LogP contribution in [0.25, 0.3) is 0 Å². The molecule has 0 atom stereocenters. The molecule has 1 aromatic heterocycles. The minimum Gasteiger partial charge on any atom is -0.443 e. The van der Waals surface area contributed by atoms with Gasteiger partial charge in [-0.1, -0.05) is 45.0 Å². The summed E-state index contributed by atoms with van der Waals surface area (Å²) in [6.07, 6.45) is 1.80. The fraction of sp³-hybridized carbons (Fsp3) is 0.545. The summed E-state index contributed by atoms with van der Waals surface area (Å²) in [5, 5.41) is 6.59. The third kappa shape index (κ3) is 7.55. The van der Waals surface area contributed by atoms with Crippen molar-refractivity contribution in [1.29, 1.82) is 0 Å². The van der Waals surface area contributed by atoms with Gasteiger partial charge in [-0.05, 0) is 11.1 Å². The van der Waals surface area contributed by atoms with Crippen molar-refractivity contribution in [1.82, 2.24) is 20.5 Å². The molecule has 1 aliphatic heterocycles. The number of oxazole rings is 1. The van der Waals surface area contributed by atoms with Crippen LogP contribution in [0.15, 0.2) is 39.9 Å². The maximum Gasteiger partial charge on any atom is 0.213 e. The van der Waals surface area contributed by atoms with Gasteiger partial charge in [0.05, 0.1) is 26.0 Å². The SMILES string of the molecule is CN=C(NCc1ccc(CN2CCOCC2)cc1)NCc1ncc(C(C)(C)C)o1.I. The molecule has 0 aliphatic carbocycles. The average molecular weight is 527 g/mol. The molecule has 0 spiro atoms. The molecule has 3 rings (SSSR count). The van der Waals surface area contributed by atoms with Crippen LogP contribution in [0.3, 0.4) is 0 Å². The molecule has 0 bridgehead atoms. The minimum absolute atomic E-state index is 0. The van der Waals surface area contributed by atoms with Gasteiger partial charge in [0.15, 0.2) is 5.96 Å². The lowest BCUT2D eigenvalue weighted by Crippen LogP contribution is -2.36. The van der Waals surface area contributed by atoms with Gasteiger partial charge < -0.3 is 19.8 Å².